The van der Waals surface area contributed by atoms with E-state index >= 15 is 0 Å². The summed E-state index contributed by atoms with van der Waals surface area (Å²) in [5.74, 6) is -2.87. The van der Waals surface area contributed by atoms with Crippen LogP contribution in [0.15, 0.2) is 48.6 Å². The van der Waals surface area contributed by atoms with Crippen LogP contribution < -0.4 is 21.3 Å². The van der Waals surface area contributed by atoms with E-state index in [4.69, 9.17) is 37.0 Å². The van der Waals surface area contributed by atoms with Crippen LogP contribution >= 0.6 is 15.6 Å². The van der Waals surface area contributed by atoms with Crippen molar-refractivity contribution in [2.24, 2.45) is 0 Å². The van der Waals surface area contributed by atoms with Crippen LogP contribution in [0.4, 0.5) is 0 Å². The molecule has 0 spiro atoms. The molecule has 0 aliphatic heterocycles. The number of carbonyl (C=O) groups excluding carboxylic acids is 6. The van der Waals surface area contributed by atoms with Gasteiger partial charge in [0, 0.05) is 50.3 Å². The molecule has 0 saturated heterocycles. The Kier molecular flexibility index (Phi) is 68.8. The van der Waals surface area contributed by atoms with Crippen LogP contribution in [0.5, 0.6) is 0 Å². The number of phosphoric acid groups is 2. The molecule has 112 heavy (non-hydrogen) atoms. The molecule has 8 atom stereocenters. The minimum Gasteiger partial charge on any atom is -0.462 e. The second-order valence-corrected chi connectivity index (χ2v) is 33.0. The first-order valence-electron chi connectivity index (χ1n) is 43.9. The van der Waals surface area contributed by atoms with Crippen LogP contribution in [-0.2, 0) is 65.4 Å². The number of carbonyl (C=O) groups is 6. The fourth-order valence-electron chi connectivity index (χ4n) is 12.6. The number of aliphatic hydroxyl groups is 2. The summed E-state index contributed by atoms with van der Waals surface area (Å²) in [6, 6.07) is 3.67. The maximum absolute atomic E-state index is 13.8. The van der Waals surface area contributed by atoms with Crippen molar-refractivity contribution in [2.75, 3.05) is 65.9 Å². The molecule has 0 heterocycles. The van der Waals surface area contributed by atoms with Gasteiger partial charge in [-0.25, -0.2) is 9.13 Å². The SMILES string of the molecule is CCCCCC/C=C/CCCC(=O)O[C@H](CCCCCCC)CC(=O)NC(COCC[C@H](O)CCCCCCC)COP(=O)(O)OCCNC(=O)c1ccc(C(=O)NCCOP(=O)(O)OCC(COCC[C@H](O)CCCCCCC)NC(=O)C[C@@H](CCCCCCCCCCC)OC(=O)CCC/C=C/CCCCCC)cc1. The van der Waals surface area contributed by atoms with E-state index in [1.165, 1.54) is 94.9 Å². The summed E-state index contributed by atoms with van der Waals surface area (Å²) >= 11 is 0. The topological polar surface area (TPSA) is 339 Å². The summed E-state index contributed by atoms with van der Waals surface area (Å²) in [5.41, 5.74) is 0.288. The minimum atomic E-state index is -4.78. The molecule has 26 heteroatoms. The molecule has 8 N–H and O–H groups in total. The second-order valence-electron chi connectivity index (χ2n) is 30.1. The van der Waals surface area contributed by atoms with Gasteiger partial charge >= 0.3 is 27.6 Å². The van der Waals surface area contributed by atoms with Gasteiger partial charge in [-0.3, -0.25) is 46.9 Å². The molecule has 0 aliphatic carbocycles. The number of nitrogens with one attached hydrogen (secondary N) is 4. The Morgan fingerprint density at radius 3 is 0.991 bits per heavy atom. The molecule has 650 valence electrons. The van der Waals surface area contributed by atoms with E-state index in [1.807, 2.05) is 0 Å². The lowest BCUT2D eigenvalue weighted by molar-refractivity contribution is -0.152. The van der Waals surface area contributed by atoms with Crippen molar-refractivity contribution in [2.45, 2.75) is 386 Å². The van der Waals surface area contributed by atoms with Crippen LogP contribution in [0.2, 0.25) is 0 Å². The number of allylic oxidation sites excluding steroid dienone is 4. The molecule has 0 aliphatic rings. The third kappa shape index (κ3) is 64.7. The summed E-state index contributed by atoms with van der Waals surface area (Å²) in [4.78, 5) is 102. The van der Waals surface area contributed by atoms with Crippen molar-refractivity contribution >= 4 is 51.2 Å². The number of rotatable bonds is 80. The van der Waals surface area contributed by atoms with Gasteiger partial charge < -0.3 is 60.2 Å². The Morgan fingerprint density at radius 2 is 0.661 bits per heavy atom. The number of aliphatic hydroxyl groups excluding tert-OH is 2. The van der Waals surface area contributed by atoms with Crippen molar-refractivity contribution in [3.63, 3.8) is 0 Å². The van der Waals surface area contributed by atoms with E-state index in [0.29, 0.717) is 51.4 Å². The van der Waals surface area contributed by atoms with Crippen LogP contribution in [0.3, 0.4) is 0 Å². The van der Waals surface area contributed by atoms with Gasteiger partial charge in [0.1, 0.15) is 12.2 Å². The molecule has 24 nitrogen and oxygen atoms in total. The molecular weight excluding hydrogens is 1470 g/mol. The van der Waals surface area contributed by atoms with Gasteiger partial charge in [0.05, 0.1) is 76.8 Å². The maximum atomic E-state index is 13.8. The molecule has 1 aromatic rings. The maximum Gasteiger partial charge on any atom is 0.472 e. The summed E-state index contributed by atoms with van der Waals surface area (Å²) < 4.78 is 71.2. The third-order valence-electron chi connectivity index (χ3n) is 19.4. The van der Waals surface area contributed by atoms with Gasteiger partial charge in [-0.05, 0) is 127 Å². The van der Waals surface area contributed by atoms with Crippen LogP contribution in [0.25, 0.3) is 0 Å². The van der Waals surface area contributed by atoms with Gasteiger partial charge in [-0.2, -0.15) is 0 Å². The van der Waals surface area contributed by atoms with E-state index in [9.17, 15) is 57.9 Å². The summed E-state index contributed by atoms with van der Waals surface area (Å²) in [6.07, 6.45) is 48.8. The normalized spacial score (nSPS) is 14.4. The number of phosphoric ester groups is 2. The first-order chi connectivity index (χ1) is 54.2. The highest BCUT2D eigenvalue weighted by molar-refractivity contribution is 7.47. The highest BCUT2D eigenvalue weighted by Crippen LogP contribution is 2.44. The number of ether oxygens (including phenoxy) is 4. The number of esters is 2. The lowest BCUT2D eigenvalue weighted by Crippen LogP contribution is -2.43. The lowest BCUT2D eigenvalue weighted by Gasteiger charge is -2.23. The number of hydrogen-bond acceptors (Lipinski definition) is 18. The van der Waals surface area contributed by atoms with Crippen LogP contribution in [0, 0.1) is 0 Å². The Hall–Kier alpha value is -4.42. The zero-order chi connectivity index (χ0) is 82.2. The Labute approximate surface area is 676 Å². The fourth-order valence-corrected chi connectivity index (χ4v) is 14.1. The van der Waals surface area contributed by atoms with E-state index in [2.05, 4.69) is 87.1 Å². The van der Waals surface area contributed by atoms with Gasteiger partial charge in [0.2, 0.25) is 11.8 Å². The molecule has 4 amide bonds. The van der Waals surface area contributed by atoms with Crippen LogP contribution in [0.1, 0.15) is 370 Å². The zero-order valence-corrected chi connectivity index (χ0v) is 72.1. The molecule has 1 aromatic carbocycles. The van der Waals surface area contributed by atoms with Crippen molar-refractivity contribution in [3.8, 4) is 0 Å². The first-order valence-corrected chi connectivity index (χ1v) is 46.9. The fraction of sp³-hybridized carbons (Fsp3) is 0.814. The molecular formula is C86H156N4O20P2. The summed E-state index contributed by atoms with van der Waals surface area (Å²) in [5, 5.41) is 32.1. The Balaban J connectivity index is 2.97. The zero-order valence-electron chi connectivity index (χ0n) is 70.3. The lowest BCUT2D eigenvalue weighted by atomic mass is 10.0. The molecule has 0 bridgehead atoms. The molecule has 1 rings (SSSR count). The predicted molar refractivity (Wildman–Crippen MR) is 446 cm³/mol. The first kappa shape index (κ1) is 106. The standard InChI is InChI=1S/C86H156N4O20P2/c1-7-13-19-25-28-31-34-40-46-52-80(110-84(96)54-48-42-36-33-30-27-21-15-9-3)68-82(94)90-76(70-104-64-60-78(92)50-44-38-23-17-11-5)72-108-112(101,102)106-66-62-88-86(98)74-57-55-73(56-58-74)85(97)87-61-65-105-111(99,100)107-71-75(69-103-63-59-77(91)49-43-37-22-16-10-4)89-81(93)67-79(51-45-39-24-18-12-6)109-83(95)53-47-41-35-32-29-26-20-14-8-2/h32-33,35-36,55-58,75-80,91-92H,7-31,34,37-54,59-72H2,1-6H3,(H,87,97)(H,88,98)(H,89,93)(H,90,94)(H,99,100)(H,101,102)/b35-32+,36-33+/t75?,76?,77-,78-,79-,80-/m1/s1. The predicted octanol–water partition coefficient (Wildman–Crippen LogP) is 18.9. The number of unbranched alkanes of at least 4 members (excludes halogenated alkanes) is 30. The van der Waals surface area contributed by atoms with Crippen molar-refractivity contribution in [1.82, 2.24) is 21.3 Å². The molecule has 0 saturated carbocycles. The number of benzene rings is 1. The third-order valence-corrected chi connectivity index (χ3v) is 21.3. The van der Waals surface area contributed by atoms with E-state index in [1.54, 1.807) is 0 Å². The quantitative estimate of drug-likeness (QED) is 0.0130. The second kappa shape index (κ2) is 73.0. The monoisotopic (exact) mass is 1630 g/mol. The van der Waals surface area contributed by atoms with Crippen molar-refractivity contribution in [1.29, 1.82) is 0 Å². The van der Waals surface area contributed by atoms with Gasteiger partial charge in [-0.15, -0.1) is 0 Å². The minimum absolute atomic E-state index is 0.129. The van der Waals surface area contributed by atoms with Gasteiger partial charge in [0.25, 0.3) is 11.8 Å². The van der Waals surface area contributed by atoms with E-state index < -0.39 is 102 Å². The Morgan fingerprint density at radius 1 is 0.366 bits per heavy atom. The van der Waals surface area contributed by atoms with Crippen molar-refractivity contribution in [3.05, 3.63) is 59.7 Å². The highest BCUT2D eigenvalue weighted by Gasteiger charge is 2.29. The smallest absolute Gasteiger partial charge is 0.462 e. The largest absolute Gasteiger partial charge is 0.472 e. The summed E-state index contributed by atoms with van der Waals surface area (Å²) in [6.45, 7) is 10.7. The van der Waals surface area contributed by atoms with Gasteiger partial charge in [0.15, 0.2) is 0 Å². The average Bonchev–Trinajstić information content (AvgIpc) is 0.885. The van der Waals surface area contributed by atoms with E-state index in [-0.39, 0.29) is 88.3 Å². The molecule has 4 unspecified atom stereocenters. The van der Waals surface area contributed by atoms with Gasteiger partial charge in [-0.1, -0.05) is 246 Å². The average molecular weight is 1630 g/mol. The number of hydrogen-bond donors (Lipinski definition) is 8. The van der Waals surface area contributed by atoms with E-state index in [0.717, 1.165) is 161 Å². The number of amides is 4. The van der Waals surface area contributed by atoms with Crippen LogP contribution in [-0.4, -0.2) is 158 Å². The van der Waals surface area contributed by atoms with Crippen molar-refractivity contribution < 1.29 is 94.9 Å². The Bertz CT molecular complexity index is 2660. The summed E-state index contributed by atoms with van der Waals surface area (Å²) in [7, 11) is -9.56. The highest BCUT2D eigenvalue weighted by atomic mass is 31.2. The molecule has 0 aromatic heterocycles. The molecule has 0 radical (unpaired) electrons. The molecule has 0 fully saturated rings.